The minimum Gasteiger partial charge on any atom is -0.489 e. The SMILES string of the molecule is Cc1noc(C)c1COc1ccc(CC(=O)OC(C)C(=O)c2c(C)[nH]c3ccccc23)cc1. The van der Waals surface area contributed by atoms with Crippen LogP contribution in [0.5, 0.6) is 5.75 Å². The van der Waals surface area contributed by atoms with E-state index in [9.17, 15) is 9.59 Å². The average Bonchev–Trinajstić information content (AvgIpc) is 3.30. The molecule has 0 aliphatic heterocycles. The first kappa shape index (κ1) is 22.3. The molecule has 1 N–H and O–H groups in total. The van der Waals surface area contributed by atoms with Gasteiger partial charge in [-0.25, -0.2) is 0 Å². The van der Waals surface area contributed by atoms with Crippen molar-refractivity contribution in [1.82, 2.24) is 10.1 Å². The highest BCUT2D eigenvalue weighted by molar-refractivity contribution is 6.11. The molecule has 0 amide bonds. The Morgan fingerprint density at radius 2 is 1.79 bits per heavy atom. The van der Waals surface area contributed by atoms with Gasteiger partial charge >= 0.3 is 5.97 Å². The van der Waals surface area contributed by atoms with E-state index in [-0.39, 0.29) is 12.2 Å². The third-order valence-corrected chi connectivity index (χ3v) is 5.65. The Morgan fingerprint density at radius 1 is 1.06 bits per heavy atom. The first-order valence-electron chi connectivity index (χ1n) is 10.8. The van der Waals surface area contributed by atoms with Crippen LogP contribution < -0.4 is 4.74 Å². The number of H-pyrrole nitrogens is 1. The molecular formula is C26H26N2O5. The summed E-state index contributed by atoms with van der Waals surface area (Å²) in [5, 5.41) is 4.74. The van der Waals surface area contributed by atoms with Gasteiger partial charge in [0.2, 0.25) is 5.78 Å². The molecule has 33 heavy (non-hydrogen) atoms. The van der Waals surface area contributed by atoms with Gasteiger partial charge < -0.3 is 19.0 Å². The summed E-state index contributed by atoms with van der Waals surface area (Å²) in [6, 6.07) is 14.8. The standard InChI is InChI=1S/C26H26N2O5/c1-15-22(17(3)33-28-15)14-31-20-11-9-19(10-12-20)13-24(29)32-18(4)26(30)25-16(2)27-23-8-6-5-7-21(23)25/h5-12,18,27H,13-14H2,1-4H3. The van der Waals surface area contributed by atoms with E-state index in [4.69, 9.17) is 14.0 Å². The first-order valence-corrected chi connectivity index (χ1v) is 10.8. The summed E-state index contributed by atoms with van der Waals surface area (Å²) in [4.78, 5) is 28.6. The normalized spacial score (nSPS) is 12.0. The monoisotopic (exact) mass is 446 g/mol. The van der Waals surface area contributed by atoms with Gasteiger partial charge in [-0.1, -0.05) is 35.5 Å². The van der Waals surface area contributed by atoms with Gasteiger partial charge in [-0.3, -0.25) is 9.59 Å². The van der Waals surface area contributed by atoms with E-state index >= 15 is 0 Å². The number of nitrogens with one attached hydrogen (secondary N) is 1. The van der Waals surface area contributed by atoms with Crippen molar-refractivity contribution in [3.8, 4) is 5.75 Å². The molecule has 1 atom stereocenters. The molecule has 2 heterocycles. The lowest BCUT2D eigenvalue weighted by molar-refractivity contribution is -0.145. The molecule has 7 nitrogen and oxygen atoms in total. The molecular weight excluding hydrogens is 420 g/mol. The van der Waals surface area contributed by atoms with Crippen LogP contribution in [0.3, 0.4) is 0 Å². The number of aromatic nitrogens is 2. The minimum atomic E-state index is -0.881. The summed E-state index contributed by atoms with van der Waals surface area (Å²) < 4.78 is 16.4. The minimum absolute atomic E-state index is 0.0641. The highest BCUT2D eigenvalue weighted by Crippen LogP contribution is 2.24. The van der Waals surface area contributed by atoms with Gasteiger partial charge in [0.15, 0.2) is 6.10 Å². The Kier molecular flexibility index (Phi) is 6.31. The molecule has 7 heteroatoms. The topological polar surface area (TPSA) is 94.4 Å². The van der Waals surface area contributed by atoms with Gasteiger partial charge in [0.25, 0.3) is 0 Å². The summed E-state index contributed by atoms with van der Waals surface area (Å²) in [6.45, 7) is 7.52. The summed E-state index contributed by atoms with van der Waals surface area (Å²) in [5.41, 5.74) is 4.70. The molecule has 4 aromatic rings. The van der Waals surface area contributed by atoms with Gasteiger partial charge in [0, 0.05) is 22.2 Å². The second-order valence-corrected chi connectivity index (χ2v) is 8.08. The number of nitrogens with zero attached hydrogens (tertiary/aromatic N) is 1. The number of benzene rings is 2. The largest absolute Gasteiger partial charge is 0.489 e. The van der Waals surface area contributed by atoms with Crippen molar-refractivity contribution in [2.45, 2.75) is 46.8 Å². The Hall–Kier alpha value is -3.87. The molecule has 0 saturated heterocycles. The molecule has 0 radical (unpaired) electrons. The van der Waals surface area contributed by atoms with E-state index in [1.807, 2.05) is 45.0 Å². The van der Waals surface area contributed by atoms with E-state index in [1.54, 1.807) is 31.2 Å². The summed E-state index contributed by atoms with van der Waals surface area (Å²) in [6.07, 6.45) is -0.817. The van der Waals surface area contributed by atoms with Crippen LogP contribution in [-0.4, -0.2) is 28.0 Å². The van der Waals surface area contributed by atoms with Gasteiger partial charge in [-0.2, -0.15) is 0 Å². The zero-order valence-electron chi connectivity index (χ0n) is 19.1. The summed E-state index contributed by atoms with van der Waals surface area (Å²) in [7, 11) is 0. The van der Waals surface area contributed by atoms with Crippen molar-refractivity contribution < 1.29 is 23.6 Å². The predicted molar refractivity (Wildman–Crippen MR) is 123 cm³/mol. The van der Waals surface area contributed by atoms with Crippen molar-refractivity contribution in [3.63, 3.8) is 0 Å². The van der Waals surface area contributed by atoms with Crippen molar-refractivity contribution in [3.05, 3.63) is 82.4 Å². The second-order valence-electron chi connectivity index (χ2n) is 8.08. The number of ether oxygens (including phenoxy) is 2. The lowest BCUT2D eigenvalue weighted by Crippen LogP contribution is -2.25. The number of Topliss-reactive ketones (excluding diaryl/α,β-unsaturated/α-hetero) is 1. The Labute approximate surface area is 191 Å². The number of hydrogen-bond donors (Lipinski definition) is 1. The van der Waals surface area contributed by atoms with E-state index < -0.39 is 12.1 Å². The molecule has 2 aromatic heterocycles. The van der Waals surface area contributed by atoms with Crippen LogP contribution in [0.25, 0.3) is 10.9 Å². The number of carbonyl (C=O) groups is 2. The number of hydrogen-bond acceptors (Lipinski definition) is 6. The van der Waals surface area contributed by atoms with Crippen LogP contribution in [0, 0.1) is 20.8 Å². The highest BCUT2D eigenvalue weighted by atomic mass is 16.5. The highest BCUT2D eigenvalue weighted by Gasteiger charge is 2.24. The van der Waals surface area contributed by atoms with Crippen LogP contribution >= 0.6 is 0 Å². The molecule has 0 aliphatic carbocycles. The molecule has 1 unspecified atom stereocenters. The van der Waals surface area contributed by atoms with Gasteiger partial charge in [-0.05, 0) is 51.5 Å². The molecule has 170 valence electrons. The zero-order chi connectivity index (χ0) is 23.5. The lowest BCUT2D eigenvalue weighted by Gasteiger charge is -2.13. The second kappa shape index (κ2) is 9.32. The van der Waals surface area contributed by atoms with Crippen LogP contribution in [0.1, 0.15) is 45.6 Å². The van der Waals surface area contributed by atoms with Crippen LogP contribution in [-0.2, 0) is 22.6 Å². The molecule has 2 aromatic carbocycles. The van der Waals surface area contributed by atoms with Crippen LogP contribution in [0.15, 0.2) is 53.1 Å². The Morgan fingerprint density at radius 3 is 2.48 bits per heavy atom. The number of fused-ring (bicyclic) bond motifs is 1. The van der Waals surface area contributed by atoms with Crippen LogP contribution in [0.2, 0.25) is 0 Å². The first-order chi connectivity index (χ1) is 15.8. The quantitative estimate of drug-likeness (QED) is 0.302. The molecule has 0 saturated carbocycles. The van der Waals surface area contributed by atoms with Gasteiger partial charge in [-0.15, -0.1) is 0 Å². The fourth-order valence-electron chi connectivity index (χ4n) is 3.82. The third kappa shape index (κ3) is 4.82. The summed E-state index contributed by atoms with van der Waals surface area (Å²) >= 11 is 0. The number of esters is 1. The fraction of sp³-hybridized carbons (Fsp3) is 0.269. The maximum absolute atomic E-state index is 13.0. The smallest absolute Gasteiger partial charge is 0.310 e. The van der Waals surface area contributed by atoms with Crippen molar-refractivity contribution in [2.24, 2.45) is 0 Å². The maximum atomic E-state index is 13.0. The fourth-order valence-corrected chi connectivity index (χ4v) is 3.82. The van der Waals surface area contributed by atoms with E-state index in [0.717, 1.165) is 39.2 Å². The van der Waals surface area contributed by atoms with Crippen molar-refractivity contribution in [1.29, 1.82) is 0 Å². The van der Waals surface area contributed by atoms with Gasteiger partial charge in [0.1, 0.15) is 18.1 Å². The Bertz CT molecular complexity index is 1280. The maximum Gasteiger partial charge on any atom is 0.310 e. The molecule has 0 aliphatic rings. The summed E-state index contributed by atoms with van der Waals surface area (Å²) in [5.74, 6) is 0.725. The van der Waals surface area contributed by atoms with Gasteiger partial charge in [0.05, 0.1) is 17.7 Å². The number of aryl methyl sites for hydroxylation is 3. The molecule has 0 fully saturated rings. The van der Waals surface area contributed by atoms with E-state index in [1.165, 1.54) is 0 Å². The number of aromatic amines is 1. The third-order valence-electron chi connectivity index (χ3n) is 5.65. The average molecular weight is 447 g/mol. The zero-order valence-corrected chi connectivity index (χ0v) is 19.1. The molecule has 0 bridgehead atoms. The van der Waals surface area contributed by atoms with Crippen molar-refractivity contribution in [2.75, 3.05) is 0 Å². The predicted octanol–water partition coefficient (Wildman–Crippen LogP) is 5.02. The number of para-hydroxylation sites is 1. The lowest BCUT2D eigenvalue weighted by atomic mass is 10.0. The number of carbonyl (C=O) groups excluding carboxylic acids is 2. The molecule has 4 rings (SSSR count). The number of rotatable bonds is 8. The van der Waals surface area contributed by atoms with Crippen molar-refractivity contribution >= 4 is 22.7 Å². The van der Waals surface area contributed by atoms with Crippen LogP contribution in [0.4, 0.5) is 0 Å². The number of ketones is 1. The molecule has 0 spiro atoms. The van der Waals surface area contributed by atoms with E-state index in [2.05, 4.69) is 10.1 Å². The van der Waals surface area contributed by atoms with E-state index in [0.29, 0.717) is 17.9 Å². The Balaban J connectivity index is 1.34.